The lowest BCUT2D eigenvalue weighted by atomic mass is 10.1. The first-order valence-electron chi connectivity index (χ1n) is 5.34. The van der Waals surface area contributed by atoms with Gasteiger partial charge in [0.05, 0.1) is 18.5 Å². The van der Waals surface area contributed by atoms with Crippen LogP contribution in [0.15, 0.2) is 18.2 Å². The molecule has 19 heavy (non-hydrogen) atoms. The second-order valence-corrected chi connectivity index (χ2v) is 4.16. The van der Waals surface area contributed by atoms with Gasteiger partial charge < -0.3 is 5.73 Å². The van der Waals surface area contributed by atoms with Crippen LogP contribution in [0.2, 0.25) is 5.15 Å². The van der Waals surface area contributed by atoms with Gasteiger partial charge in [0.1, 0.15) is 10.8 Å². The molecular weight excluding hydrogens is 279 g/mol. The van der Waals surface area contributed by atoms with Crippen molar-refractivity contribution >= 4 is 17.1 Å². The van der Waals surface area contributed by atoms with Crippen LogP contribution in [0.1, 0.15) is 11.3 Å². The molecule has 0 aromatic carbocycles. The van der Waals surface area contributed by atoms with E-state index in [4.69, 9.17) is 17.3 Å². The highest BCUT2D eigenvalue weighted by atomic mass is 35.5. The second-order valence-electron chi connectivity index (χ2n) is 3.77. The maximum atomic E-state index is 12.6. The number of nitrogens with zero attached hydrogens (tertiary/aromatic N) is 2. The standard InChI is InChI=1S/C12H9ClF3N3/c13-11-5-1-4-10-8(7-12(14,15)16)9(3-2-6-17)18-19(10)11/h1,4-5H,6-7,17H2. The predicted octanol–water partition coefficient (Wildman–Crippen LogP) is 2.40. The van der Waals surface area contributed by atoms with E-state index in [0.29, 0.717) is 5.52 Å². The molecule has 2 heterocycles. The van der Waals surface area contributed by atoms with Crippen molar-refractivity contribution in [2.75, 3.05) is 6.54 Å². The van der Waals surface area contributed by atoms with Gasteiger partial charge in [-0.15, -0.1) is 0 Å². The van der Waals surface area contributed by atoms with E-state index in [1.54, 1.807) is 12.1 Å². The first kappa shape index (κ1) is 13.7. The second kappa shape index (κ2) is 5.11. The van der Waals surface area contributed by atoms with Crippen molar-refractivity contribution in [1.82, 2.24) is 9.61 Å². The molecule has 0 atom stereocenters. The van der Waals surface area contributed by atoms with Crippen molar-refractivity contribution in [2.45, 2.75) is 12.6 Å². The SMILES string of the molecule is NCC#Cc1nn2c(Cl)cccc2c1CC(F)(F)F. The highest BCUT2D eigenvalue weighted by Gasteiger charge is 2.31. The molecule has 7 heteroatoms. The Morgan fingerprint density at radius 1 is 1.37 bits per heavy atom. The summed E-state index contributed by atoms with van der Waals surface area (Å²) >= 11 is 5.89. The zero-order valence-corrected chi connectivity index (χ0v) is 10.4. The van der Waals surface area contributed by atoms with E-state index >= 15 is 0 Å². The average molecular weight is 288 g/mol. The average Bonchev–Trinajstić information content (AvgIpc) is 2.65. The van der Waals surface area contributed by atoms with E-state index in [9.17, 15) is 13.2 Å². The Labute approximate surface area is 112 Å². The lowest BCUT2D eigenvalue weighted by Gasteiger charge is -2.05. The fourth-order valence-electron chi connectivity index (χ4n) is 1.70. The molecule has 0 radical (unpaired) electrons. The molecular formula is C12H9ClF3N3. The third-order valence-electron chi connectivity index (χ3n) is 2.40. The van der Waals surface area contributed by atoms with Crippen molar-refractivity contribution in [1.29, 1.82) is 0 Å². The number of nitrogens with two attached hydrogens (primary N) is 1. The number of aromatic nitrogens is 2. The summed E-state index contributed by atoms with van der Waals surface area (Å²) in [5.74, 6) is 5.05. The summed E-state index contributed by atoms with van der Waals surface area (Å²) in [6.07, 6.45) is -5.45. The van der Waals surface area contributed by atoms with Gasteiger partial charge in [0.25, 0.3) is 0 Å². The normalized spacial score (nSPS) is 11.4. The molecule has 0 bridgehead atoms. The van der Waals surface area contributed by atoms with E-state index in [1.165, 1.54) is 10.6 Å². The summed E-state index contributed by atoms with van der Waals surface area (Å²) in [4.78, 5) is 0. The van der Waals surface area contributed by atoms with Crippen molar-refractivity contribution in [3.05, 3.63) is 34.6 Å². The van der Waals surface area contributed by atoms with Crippen molar-refractivity contribution in [3.8, 4) is 11.8 Å². The lowest BCUT2D eigenvalue weighted by Crippen LogP contribution is -2.12. The first-order valence-corrected chi connectivity index (χ1v) is 5.72. The Kier molecular flexibility index (Phi) is 3.69. The Hall–Kier alpha value is -1.71. The Bertz CT molecular complexity index is 664. The molecule has 0 unspecified atom stereocenters. The van der Waals surface area contributed by atoms with Crippen LogP contribution >= 0.6 is 11.6 Å². The number of fused-ring (bicyclic) bond motifs is 1. The van der Waals surface area contributed by atoms with Crippen LogP contribution < -0.4 is 5.73 Å². The summed E-state index contributed by atoms with van der Waals surface area (Å²) in [5, 5.41) is 4.21. The number of hydrogen-bond donors (Lipinski definition) is 1. The quantitative estimate of drug-likeness (QED) is 0.646. The molecule has 2 rings (SSSR count). The largest absolute Gasteiger partial charge is 0.393 e. The zero-order chi connectivity index (χ0) is 14.0. The summed E-state index contributed by atoms with van der Waals surface area (Å²) in [6.45, 7) is 0.0487. The van der Waals surface area contributed by atoms with E-state index in [1.807, 2.05) is 0 Å². The van der Waals surface area contributed by atoms with Crippen molar-refractivity contribution < 1.29 is 13.2 Å². The van der Waals surface area contributed by atoms with E-state index in [2.05, 4.69) is 16.9 Å². The summed E-state index contributed by atoms with van der Waals surface area (Å²) in [5.41, 5.74) is 5.58. The van der Waals surface area contributed by atoms with Crippen LogP contribution in [0.3, 0.4) is 0 Å². The molecule has 0 fully saturated rings. The first-order chi connectivity index (χ1) is 8.92. The molecule has 3 nitrogen and oxygen atoms in total. The minimum atomic E-state index is -4.34. The molecule has 0 aliphatic heterocycles. The van der Waals surface area contributed by atoms with Gasteiger partial charge in [0, 0.05) is 5.56 Å². The Balaban J connectivity index is 2.65. The van der Waals surface area contributed by atoms with E-state index < -0.39 is 12.6 Å². The van der Waals surface area contributed by atoms with E-state index in [0.717, 1.165) is 0 Å². The molecule has 0 saturated heterocycles. The van der Waals surface area contributed by atoms with Crippen LogP contribution in [0.4, 0.5) is 13.2 Å². The molecule has 2 aromatic rings. The summed E-state index contributed by atoms with van der Waals surface area (Å²) in [6, 6.07) is 4.63. The van der Waals surface area contributed by atoms with Gasteiger partial charge in [-0.3, -0.25) is 0 Å². The highest BCUT2D eigenvalue weighted by Crippen LogP contribution is 2.27. The third kappa shape index (κ3) is 3.00. The number of pyridine rings is 1. The van der Waals surface area contributed by atoms with Crippen molar-refractivity contribution in [3.63, 3.8) is 0 Å². The molecule has 0 aliphatic carbocycles. The van der Waals surface area contributed by atoms with Gasteiger partial charge in [-0.1, -0.05) is 23.6 Å². The fraction of sp³-hybridized carbons (Fsp3) is 0.250. The molecule has 0 aliphatic rings. The molecule has 0 spiro atoms. The summed E-state index contributed by atoms with van der Waals surface area (Å²) < 4.78 is 39.1. The lowest BCUT2D eigenvalue weighted by molar-refractivity contribution is -0.127. The number of rotatable bonds is 1. The molecule has 2 N–H and O–H groups in total. The molecule has 2 aromatic heterocycles. The Morgan fingerprint density at radius 3 is 2.74 bits per heavy atom. The van der Waals surface area contributed by atoms with Crippen LogP contribution in [-0.4, -0.2) is 22.3 Å². The van der Waals surface area contributed by atoms with Gasteiger partial charge >= 0.3 is 6.18 Å². The van der Waals surface area contributed by atoms with Crippen LogP contribution in [0.25, 0.3) is 5.52 Å². The Morgan fingerprint density at radius 2 is 2.11 bits per heavy atom. The smallest absolute Gasteiger partial charge is 0.320 e. The van der Waals surface area contributed by atoms with Crippen LogP contribution in [0, 0.1) is 11.8 Å². The van der Waals surface area contributed by atoms with Gasteiger partial charge in [-0.2, -0.15) is 18.3 Å². The van der Waals surface area contributed by atoms with Crippen molar-refractivity contribution in [2.24, 2.45) is 5.73 Å². The van der Waals surface area contributed by atoms with E-state index in [-0.39, 0.29) is 23.0 Å². The molecule has 0 amide bonds. The van der Waals surface area contributed by atoms with Gasteiger partial charge in [-0.05, 0) is 18.1 Å². The fourth-order valence-corrected chi connectivity index (χ4v) is 1.90. The number of halogens is 4. The minimum Gasteiger partial charge on any atom is -0.320 e. The van der Waals surface area contributed by atoms with Gasteiger partial charge in [-0.25, -0.2) is 4.52 Å². The maximum absolute atomic E-state index is 12.6. The van der Waals surface area contributed by atoms with Gasteiger partial charge in [0.2, 0.25) is 0 Å². The predicted molar refractivity (Wildman–Crippen MR) is 65.9 cm³/mol. The monoisotopic (exact) mass is 287 g/mol. The van der Waals surface area contributed by atoms with Crippen LogP contribution in [0.5, 0.6) is 0 Å². The van der Waals surface area contributed by atoms with Gasteiger partial charge in [0.15, 0.2) is 0 Å². The number of hydrogen-bond acceptors (Lipinski definition) is 2. The topological polar surface area (TPSA) is 43.3 Å². The molecule has 100 valence electrons. The summed E-state index contributed by atoms with van der Waals surface area (Å²) in [7, 11) is 0. The third-order valence-corrected chi connectivity index (χ3v) is 2.69. The van der Waals surface area contributed by atoms with Crippen LogP contribution in [-0.2, 0) is 6.42 Å². The maximum Gasteiger partial charge on any atom is 0.393 e. The minimum absolute atomic E-state index is 0.0101. The zero-order valence-electron chi connectivity index (χ0n) is 9.63. The molecule has 0 saturated carbocycles. The highest BCUT2D eigenvalue weighted by molar-refractivity contribution is 6.29. The number of alkyl halides is 3.